The maximum atomic E-state index is 12.8. The summed E-state index contributed by atoms with van der Waals surface area (Å²) < 4.78 is 5.14. The van der Waals surface area contributed by atoms with Crippen LogP contribution in [0.15, 0.2) is 24.3 Å². The quantitative estimate of drug-likeness (QED) is 0.389. The number of ether oxygens (including phenoxy) is 1. The first kappa shape index (κ1) is 23.4. The zero-order valence-electron chi connectivity index (χ0n) is 18.1. The van der Waals surface area contributed by atoms with Crippen LogP contribution < -0.4 is 10.6 Å². The minimum atomic E-state index is -1.25. The fraction of sp³-hybridized carbons (Fsp3) is 0.609. The van der Waals surface area contributed by atoms with E-state index in [1.165, 1.54) is 5.56 Å². The Balaban J connectivity index is 1.62. The average molecular weight is 433 g/mol. The van der Waals surface area contributed by atoms with Gasteiger partial charge in [-0.2, -0.15) is 0 Å². The normalized spacial score (nSPS) is 24.1. The lowest BCUT2D eigenvalue weighted by atomic mass is 9.83. The molecule has 3 rings (SSSR count). The lowest BCUT2D eigenvalue weighted by molar-refractivity contribution is -0.135. The van der Waals surface area contributed by atoms with E-state index < -0.39 is 36.8 Å². The first-order chi connectivity index (χ1) is 14.8. The predicted octanol–water partition coefficient (Wildman–Crippen LogP) is 0.130. The van der Waals surface area contributed by atoms with Crippen LogP contribution in [0.4, 0.5) is 0 Å². The summed E-state index contributed by atoms with van der Waals surface area (Å²) in [5, 5.41) is 24.5. The Labute approximate surface area is 182 Å². The van der Waals surface area contributed by atoms with Crippen LogP contribution in [0.1, 0.15) is 37.8 Å². The number of aryl methyl sites for hydroxylation is 1. The molecule has 0 radical (unpaired) electrons. The molecule has 31 heavy (non-hydrogen) atoms. The molecule has 1 aliphatic heterocycles. The number of benzene rings is 1. The van der Waals surface area contributed by atoms with Crippen molar-refractivity contribution in [1.82, 2.24) is 10.6 Å². The van der Waals surface area contributed by atoms with E-state index in [0.29, 0.717) is 19.3 Å². The Morgan fingerprint density at radius 2 is 1.81 bits per heavy atom. The number of fused-ring (bicyclic) bond motifs is 1. The van der Waals surface area contributed by atoms with Gasteiger partial charge in [0.05, 0.1) is 25.9 Å². The highest BCUT2D eigenvalue weighted by Gasteiger charge is 2.54. The molecule has 1 saturated heterocycles. The predicted molar refractivity (Wildman–Crippen MR) is 113 cm³/mol. The molecular formula is C23H32N2O6. The lowest BCUT2D eigenvalue weighted by Gasteiger charge is -2.27. The Hall–Kier alpha value is -2.29. The van der Waals surface area contributed by atoms with Gasteiger partial charge in [0.1, 0.15) is 6.04 Å². The van der Waals surface area contributed by atoms with Crippen LogP contribution in [0.2, 0.25) is 0 Å². The average Bonchev–Trinajstić information content (AvgIpc) is 3.56. The third-order valence-electron chi connectivity index (χ3n) is 6.07. The number of ketones is 1. The largest absolute Gasteiger partial charge is 0.394 e. The fourth-order valence-corrected chi connectivity index (χ4v) is 4.10. The van der Waals surface area contributed by atoms with Crippen LogP contribution in [-0.4, -0.2) is 65.3 Å². The van der Waals surface area contributed by atoms with E-state index in [0.717, 1.165) is 12.0 Å². The number of aliphatic hydroxyl groups excluding tert-OH is 2. The molecular weight excluding hydrogens is 400 g/mol. The van der Waals surface area contributed by atoms with Gasteiger partial charge in [0.15, 0.2) is 11.4 Å². The summed E-state index contributed by atoms with van der Waals surface area (Å²) in [5.41, 5.74) is 1.11. The zero-order chi connectivity index (χ0) is 22.6. The number of hydrogen-bond donors (Lipinski definition) is 4. The van der Waals surface area contributed by atoms with Crippen LogP contribution in [0.5, 0.6) is 0 Å². The molecule has 0 bridgehead atoms. The molecule has 2 aliphatic rings. The van der Waals surface area contributed by atoms with Gasteiger partial charge in [0, 0.05) is 5.92 Å². The SMILES string of the molecule is CC(C)CC(NC(=O)[C@H](CO)NC(=O)C1CCc2ccccc2C1)C(=O)C1(CO)CO1. The van der Waals surface area contributed by atoms with Gasteiger partial charge in [-0.3, -0.25) is 14.4 Å². The van der Waals surface area contributed by atoms with E-state index in [9.17, 15) is 24.6 Å². The van der Waals surface area contributed by atoms with E-state index >= 15 is 0 Å². The number of carbonyl (C=O) groups excluding carboxylic acids is 3. The third kappa shape index (κ3) is 5.50. The van der Waals surface area contributed by atoms with E-state index in [1.807, 2.05) is 32.0 Å². The molecule has 4 N–H and O–H groups in total. The number of epoxide rings is 1. The number of hydrogen-bond acceptors (Lipinski definition) is 6. The third-order valence-corrected chi connectivity index (χ3v) is 6.07. The molecule has 0 aromatic heterocycles. The van der Waals surface area contributed by atoms with E-state index in [2.05, 4.69) is 16.7 Å². The van der Waals surface area contributed by atoms with Crippen molar-refractivity contribution >= 4 is 17.6 Å². The molecule has 8 heteroatoms. The smallest absolute Gasteiger partial charge is 0.245 e. The number of nitrogens with one attached hydrogen (secondary N) is 2. The number of rotatable bonds is 10. The summed E-state index contributed by atoms with van der Waals surface area (Å²) in [7, 11) is 0. The number of Topliss-reactive ketones (excluding diaryl/α,β-unsaturated/α-hetero) is 1. The number of amides is 2. The van der Waals surface area contributed by atoms with Gasteiger partial charge in [-0.05, 0) is 42.7 Å². The van der Waals surface area contributed by atoms with E-state index in [-0.39, 0.29) is 30.1 Å². The van der Waals surface area contributed by atoms with Crippen LogP contribution in [0.25, 0.3) is 0 Å². The molecule has 1 aromatic carbocycles. The van der Waals surface area contributed by atoms with Crippen LogP contribution in [0.3, 0.4) is 0 Å². The molecule has 4 atom stereocenters. The van der Waals surface area contributed by atoms with Crippen LogP contribution in [0, 0.1) is 11.8 Å². The first-order valence-corrected chi connectivity index (χ1v) is 10.9. The maximum Gasteiger partial charge on any atom is 0.245 e. The van der Waals surface area contributed by atoms with Crippen molar-refractivity contribution in [3.63, 3.8) is 0 Å². The maximum absolute atomic E-state index is 12.8. The fourth-order valence-electron chi connectivity index (χ4n) is 4.10. The molecule has 1 fully saturated rings. The van der Waals surface area contributed by atoms with Gasteiger partial charge < -0.3 is 25.6 Å². The Kier molecular flexibility index (Phi) is 7.46. The van der Waals surface area contributed by atoms with E-state index in [4.69, 9.17) is 4.74 Å². The highest BCUT2D eigenvalue weighted by atomic mass is 16.6. The number of aliphatic hydroxyl groups is 2. The Bertz CT molecular complexity index is 820. The highest BCUT2D eigenvalue weighted by molar-refractivity contribution is 5.98. The van der Waals surface area contributed by atoms with Crippen LogP contribution in [-0.2, 0) is 32.0 Å². The molecule has 3 unspecified atom stereocenters. The Morgan fingerprint density at radius 3 is 2.39 bits per heavy atom. The zero-order valence-corrected chi connectivity index (χ0v) is 18.1. The van der Waals surface area contributed by atoms with Crippen molar-refractivity contribution in [2.75, 3.05) is 19.8 Å². The van der Waals surface area contributed by atoms with Crippen molar-refractivity contribution in [3.05, 3.63) is 35.4 Å². The van der Waals surface area contributed by atoms with Gasteiger partial charge in [-0.15, -0.1) is 0 Å². The van der Waals surface area contributed by atoms with Gasteiger partial charge >= 0.3 is 0 Å². The van der Waals surface area contributed by atoms with Gasteiger partial charge in [-0.25, -0.2) is 0 Å². The summed E-state index contributed by atoms with van der Waals surface area (Å²) in [6, 6.07) is 5.96. The molecule has 1 heterocycles. The molecule has 2 amide bonds. The molecule has 8 nitrogen and oxygen atoms in total. The van der Waals surface area contributed by atoms with Crippen molar-refractivity contribution in [1.29, 1.82) is 0 Å². The van der Waals surface area contributed by atoms with E-state index in [1.54, 1.807) is 0 Å². The molecule has 1 aromatic rings. The van der Waals surface area contributed by atoms with Crippen LogP contribution >= 0.6 is 0 Å². The Morgan fingerprint density at radius 1 is 1.13 bits per heavy atom. The van der Waals surface area contributed by atoms with Gasteiger partial charge in [0.2, 0.25) is 11.8 Å². The van der Waals surface area contributed by atoms with Crippen molar-refractivity contribution in [2.45, 2.75) is 57.2 Å². The minimum absolute atomic E-state index is 0.105. The van der Waals surface area contributed by atoms with Gasteiger partial charge in [-0.1, -0.05) is 38.1 Å². The summed E-state index contributed by atoms with van der Waals surface area (Å²) in [6.45, 7) is 2.93. The molecule has 1 aliphatic carbocycles. The highest BCUT2D eigenvalue weighted by Crippen LogP contribution is 2.30. The monoisotopic (exact) mass is 432 g/mol. The van der Waals surface area contributed by atoms with Crippen molar-refractivity contribution < 1.29 is 29.3 Å². The summed E-state index contributed by atoms with van der Waals surface area (Å²) in [6.07, 6.45) is 2.42. The summed E-state index contributed by atoms with van der Waals surface area (Å²) in [4.78, 5) is 38.3. The summed E-state index contributed by atoms with van der Waals surface area (Å²) >= 11 is 0. The van der Waals surface area contributed by atoms with Gasteiger partial charge in [0.25, 0.3) is 0 Å². The van der Waals surface area contributed by atoms with Crippen molar-refractivity contribution in [3.8, 4) is 0 Å². The lowest BCUT2D eigenvalue weighted by Crippen LogP contribution is -2.56. The minimum Gasteiger partial charge on any atom is -0.394 e. The second-order valence-electron chi connectivity index (χ2n) is 8.95. The molecule has 0 spiro atoms. The first-order valence-electron chi connectivity index (χ1n) is 10.9. The standard InChI is InChI=1S/C23H32N2O6/c1-14(2)9-18(20(28)23(12-27)13-31-23)24-22(30)19(11-26)25-21(29)17-8-7-15-5-3-4-6-16(15)10-17/h3-6,14,17-19,26-27H,7-13H2,1-2H3,(H,24,30)(H,25,29)/t17?,18?,19-,23?/m0/s1. The topological polar surface area (TPSA) is 128 Å². The number of carbonyl (C=O) groups is 3. The summed E-state index contributed by atoms with van der Waals surface area (Å²) in [5.74, 6) is -1.47. The molecule has 170 valence electrons. The molecule has 0 saturated carbocycles. The second-order valence-corrected chi connectivity index (χ2v) is 8.95. The second kappa shape index (κ2) is 9.89. The van der Waals surface area contributed by atoms with Crippen molar-refractivity contribution in [2.24, 2.45) is 11.8 Å².